The first-order valence-corrected chi connectivity index (χ1v) is 7.34. The van der Waals surface area contributed by atoms with E-state index in [0.29, 0.717) is 11.5 Å². The van der Waals surface area contributed by atoms with Gasteiger partial charge >= 0.3 is 0 Å². The summed E-state index contributed by atoms with van der Waals surface area (Å²) in [7, 11) is 0. The van der Waals surface area contributed by atoms with Crippen molar-refractivity contribution in [2.45, 2.75) is 5.75 Å². The molecule has 1 N–H and O–H groups in total. The summed E-state index contributed by atoms with van der Waals surface area (Å²) in [5, 5.41) is 2.84. The van der Waals surface area contributed by atoms with Crippen LogP contribution in [0.2, 0.25) is 0 Å². The van der Waals surface area contributed by atoms with Crippen LogP contribution in [0.3, 0.4) is 0 Å². The first kappa shape index (κ1) is 13.2. The van der Waals surface area contributed by atoms with E-state index in [1.807, 2.05) is 36.4 Å². The molecule has 0 aliphatic heterocycles. The van der Waals surface area contributed by atoms with Crippen molar-refractivity contribution in [1.82, 2.24) is 0 Å². The maximum absolute atomic E-state index is 11.7. The van der Waals surface area contributed by atoms with Crippen molar-refractivity contribution < 1.29 is 9.21 Å². The lowest BCUT2D eigenvalue weighted by atomic mass is 10.3. The molecule has 1 heterocycles. The molecule has 0 saturated carbocycles. The zero-order valence-electron chi connectivity index (χ0n) is 9.56. The molecular formula is C13H12BrNO2S. The normalized spacial score (nSPS) is 10.3. The summed E-state index contributed by atoms with van der Waals surface area (Å²) in [5.74, 6) is 2.00. The molecule has 2 aromatic rings. The molecule has 0 fully saturated rings. The van der Waals surface area contributed by atoms with E-state index in [9.17, 15) is 4.79 Å². The Hall–Kier alpha value is -1.20. The van der Waals surface area contributed by atoms with Crippen molar-refractivity contribution in [2.24, 2.45) is 0 Å². The number of carbonyl (C=O) groups excluding carboxylic acids is 1. The number of amides is 1. The van der Waals surface area contributed by atoms with Gasteiger partial charge in [-0.15, -0.1) is 11.8 Å². The number of furan rings is 1. The fraction of sp³-hybridized carbons (Fsp3) is 0.154. The van der Waals surface area contributed by atoms with Crippen LogP contribution in [-0.4, -0.2) is 11.7 Å². The SMILES string of the molecule is O=C(CSCc1ccco1)Nc1ccc(Br)cc1. The van der Waals surface area contributed by atoms with E-state index in [-0.39, 0.29) is 5.91 Å². The smallest absolute Gasteiger partial charge is 0.234 e. The minimum absolute atomic E-state index is 0.00567. The Bertz CT molecular complexity index is 496. The van der Waals surface area contributed by atoms with Gasteiger partial charge in [-0.1, -0.05) is 15.9 Å². The summed E-state index contributed by atoms with van der Waals surface area (Å²) >= 11 is 4.87. The maximum atomic E-state index is 11.7. The molecule has 0 unspecified atom stereocenters. The van der Waals surface area contributed by atoms with Gasteiger partial charge in [0.15, 0.2) is 0 Å². The molecule has 0 aliphatic carbocycles. The second-order valence-electron chi connectivity index (χ2n) is 3.63. The lowest BCUT2D eigenvalue weighted by molar-refractivity contribution is -0.113. The molecule has 1 amide bonds. The second kappa shape index (κ2) is 6.66. The highest BCUT2D eigenvalue weighted by Gasteiger charge is 2.03. The van der Waals surface area contributed by atoms with Gasteiger partial charge in [0.25, 0.3) is 0 Å². The predicted octanol–water partition coefficient (Wildman–Crippen LogP) is 3.91. The largest absolute Gasteiger partial charge is 0.468 e. The third-order valence-corrected chi connectivity index (χ3v) is 3.67. The Balaban J connectivity index is 1.73. The van der Waals surface area contributed by atoms with Crippen LogP contribution < -0.4 is 5.32 Å². The highest BCUT2D eigenvalue weighted by atomic mass is 79.9. The van der Waals surface area contributed by atoms with Gasteiger partial charge in [-0.2, -0.15) is 0 Å². The molecule has 2 rings (SSSR count). The molecule has 3 nitrogen and oxygen atoms in total. The first-order valence-electron chi connectivity index (χ1n) is 5.39. The van der Waals surface area contributed by atoms with E-state index in [0.717, 1.165) is 15.9 Å². The van der Waals surface area contributed by atoms with Crippen LogP contribution in [0.4, 0.5) is 5.69 Å². The molecular weight excluding hydrogens is 314 g/mol. The van der Waals surface area contributed by atoms with E-state index in [4.69, 9.17) is 4.42 Å². The number of anilines is 1. The number of hydrogen-bond acceptors (Lipinski definition) is 3. The maximum Gasteiger partial charge on any atom is 0.234 e. The predicted molar refractivity (Wildman–Crippen MR) is 77.6 cm³/mol. The van der Waals surface area contributed by atoms with Gasteiger partial charge in [0.05, 0.1) is 17.8 Å². The average molecular weight is 326 g/mol. The van der Waals surface area contributed by atoms with Gasteiger partial charge in [-0.05, 0) is 36.4 Å². The first-order chi connectivity index (χ1) is 8.74. The number of carbonyl (C=O) groups is 1. The Labute approximate surface area is 118 Å². The summed E-state index contributed by atoms with van der Waals surface area (Å²) in [6.07, 6.45) is 1.64. The molecule has 0 atom stereocenters. The standard InChI is InChI=1S/C13H12BrNO2S/c14-10-3-5-11(6-4-10)15-13(16)9-18-8-12-2-1-7-17-12/h1-7H,8-9H2,(H,15,16). The molecule has 0 saturated heterocycles. The number of thioether (sulfide) groups is 1. The Morgan fingerprint density at radius 2 is 2.06 bits per heavy atom. The molecule has 0 aliphatic rings. The molecule has 94 valence electrons. The van der Waals surface area contributed by atoms with Crippen LogP contribution in [0.1, 0.15) is 5.76 Å². The van der Waals surface area contributed by atoms with Crippen molar-refractivity contribution in [3.8, 4) is 0 Å². The van der Waals surface area contributed by atoms with Crippen molar-refractivity contribution in [3.63, 3.8) is 0 Å². The van der Waals surface area contributed by atoms with E-state index in [1.165, 1.54) is 11.8 Å². The highest BCUT2D eigenvalue weighted by Crippen LogP contribution is 2.16. The number of halogens is 1. The average Bonchev–Trinajstić information content (AvgIpc) is 2.85. The van der Waals surface area contributed by atoms with Crippen LogP contribution in [0, 0.1) is 0 Å². The molecule has 0 bridgehead atoms. The minimum atomic E-state index is -0.00567. The lowest BCUT2D eigenvalue weighted by Gasteiger charge is -2.04. The van der Waals surface area contributed by atoms with E-state index in [2.05, 4.69) is 21.2 Å². The van der Waals surface area contributed by atoms with Crippen LogP contribution in [-0.2, 0) is 10.5 Å². The van der Waals surface area contributed by atoms with E-state index < -0.39 is 0 Å². The Morgan fingerprint density at radius 3 is 2.72 bits per heavy atom. The van der Waals surface area contributed by atoms with Gasteiger partial charge in [0.1, 0.15) is 5.76 Å². The summed E-state index contributed by atoms with van der Waals surface area (Å²) < 4.78 is 6.18. The van der Waals surface area contributed by atoms with Crippen molar-refractivity contribution in [1.29, 1.82) is 0 Å². The van der Waals surface area contributed by atoms with Crippen molar-refractivity contribution in [2.75, 3.05) is 11.1 Å². The highest BCUT2D eigenvalue weighted by molar-refractivity contribution is 9.10. The third-order valence-electron chi connectivity index (χ3n) is 2.19. The topological polar surface area (TPSA) is 42.2 Å². The summed E-state index contributed by atoms with van der Waals surface area (Å²) in [4.78, 5) is 11.7. The molecule has 0 spiro atoms. The van der Waals surface area contributed by atoms with Gasteiger partial charge in [0, 0.05) is 10.2 Å². The second-order valence-corrected chi connectivity index (χ2v) is 5.53. The molecule has 5 heteroatoms. The van der Waals surface area contributed by atoms with Crippen LogP contribution in [0.25, 0.3) is 0 Å². The van der Waals surface area contributed by atoms with E-state index in [1.54, 1.807) is 6.26 Å². The van der Waals surface area contributed by atoms with Gasteiger partial charge in [-0.3, -0.25) is 4.79 Å². The quantitative estimate of drug-likeness (QED) is 0.906. The molecule has 0 radical (unpaired) electrons. The van der Waals surface area contributed by atoms with Crippen LogP contribution >= 0.6 is 27.7 Å². The van der Waals surface area contributed by atoms with Crippen molar-refractivity contribution in [3.05, 3.63) is 52.9 Å². The third kappa shape index (κ3) is 4.23. The van der Waals surface area contributed by atoms with Crippen LogP contribution in [0.5, 0.6) is 0 Å². The fourth-order valence-electron chi connectivity index (χ4n) is 1.37. The Kier molecular flexibility index (Phi) is 4.90. The molecule has 1 aromatic heterocycles. The molecule has 18 heavy (non-hydrogen) atoms. The van der Waals surface area contributed by atoms with Gasteiger partial charge in [-0.25, -0.2) is 0 Å². The molecule has 1 aromatic carbocycles. The zero-order chi connectivity index (χ0) is 12.8. The number of hydrogen-bond donors (Lipinski definition) is 1. The summed E-state index contributed by atoms with van der Waals surface area (Å²) in [5.41, 5.74) is 0.807. The zero-order valence-corrected chi connectivity index (χ0v) is 12.0. The lowest BCUT2D eigenvalue weighted by Crippen LogP contribution is -2.13. The monoisotopic (exact) mass is 325 g/mol. The van der Waals surface area contributed by atoms with Crippen LogP contribution in [0.15, 0.2) is 51.6 Å². The summed E-state index contributed by atoms with van der Waals surface area (Å²) in [6.45, 7) is 0. The number of rotatable bonds is 5. The Morgan fingerprint density at radius 1 is 1.28 bits per heavy atom. The fourth-order valence-corrected chi connectivity index (χ4v) is 2.36. The summed E-state index contributed by atoms with van der Waals surface area (Å²) in [6, 6.07) is 11.3. The minimum Gasteiger partial charge on any atom is -0.468 e. The number of nitrogens with one attached hydrogen (secondary N) is 1. The van der Waals surface area contributed by atoms with Gasteiger partial charge < -0.3 is 9.73 Å². The van der Waals surface area contributed by atoms with Crippen molar-refractivity contribution >= 4 is 39.3 Å². The number of benzene rings is 1. The van der Waals surface area contributed by atoms with Gasteiger partial charge in [0.2, 0.25) is 5.91 Å². The van der Waals surface area contributed by atoms with E-state index >= 15 is 0 Å².